The molecule has 0 aromatic carbocycles. The summed E-state index contributed by atoms with van der Waals surface area (Å²) >= 11 is 0. The quantitative estimate of drug-likeness (QED) is 0.847. The van der Waals surface area contributed by atoms with Gasteiger partial charge >= 0.3 is 0 Å². The van der Waals surface area contributed by atoms with Gasteiger partial charge in [0.05, 0.1) is 5.75 Å². The number of nitrogens with one attached hydrogen (secondary N) is 1. The number of nitrogens with zero attached hydrogens (tertiary/aromatic N) is 1. The summed E-state index contributed by atoms with van der Waals surface area (Å²) in [4.78, 5) is 0. The predicted octanol–water partition coefficient (Wildman–Crippen LogP) is 1.58. The van der Waals surface area contributed by atoms with Gasteiger partial charge in [-0.25, -0.2) is 12.7 Å². The molecule has 18 heavy (non-hydrogen) atoms. The number of rotatable bonds is 4. The van der Waals surface area contributed by atoms with Crippen molar-refractivity contribution in [2.45, 2.75) is 57.5 Å². The molecule has 5 heteroatoms. The molecule has 1 aliphatic carbocycles. The van der Waals surface area contributed by atoms with Gasteiger partial charge in [-0.2, -0.15) is 0 Å². The summed E-state index contributed by atoms with van der Waals surface area (Å²) in [5.41, 5.74) is 0. The van der Waals surface area contributed by atoms with Crippen LogP contribution in [0.15, 0.2) is 0 Å². The number of hydrogen-bond acceptors (Lipinski definition) is 3. The summed E-state index contributed by atoms with van der Waals surface area (Å²) in [6, 6.07) is 0.376. The molecule has 1 heterocycles. The monoisotopic (exact) mass is 274 g/mol. The molecule has 106 valence electrons. The van der Waals surface area contributed by atoms with Crippen molar-refractivity contribution in [1.82, 2.24) is 9.62 Å². The molecule has 0 aromatic rings. The minimum atomic E-state index is -3.11. The van der Waals surface area contributed by atoms with Crippen molar-refractivity contribution >= 4 is 10.0 Å². The average Bonchev–Trinajstić information content (AvgIpc) is 2.81. The van der Waals surface area contributed by atoms with Crippen LogP contribution in [0.2, 0.25) is 0 Å². The molecule has 2 fully saturated rings. The van der Waals surface area contributed by atoms with Gasteiger partial charge in [-0.15, -0.1) is 0 Å². The first-order valence-corrected chi connectivity index (χ1v) is 8.81. The van der Waals surface area contributed by atoms with Crippen LogP contribution in [0.3, 0.4) is 0 Å². The molecule has 2 aliphatic rings. The zero-order chi connectivity index (χ0) is 13.2. The highest BCUT2D eigenvalue weighted by molar-refractivity contribution is 7.89. The molecule has 1 saturated heterocycles. The molecule has 0 bridgehead atoms. The van der Waals surface area contributed by atoms with Gasteiger partial charge in [-0.3, -0.25) is 0 Å². The minimum absolute atomic E-state index is 0.163. The Morgan fingerprint density at radius 2 is 1.89 bits per heavy atom. The van der Waals surface area contributed by atoms with Crippen LogP contribution in [-0.4, -0.2) is 44.2 Å². The second-order valence-corrected chi connectivity index (χ2v) is 7.99. The molecule has 0 spiro atoms. The van der Waals surface area contributed by atoms with Crippen LogP contribution in [0.1, 0.15) is 45.4 Å². The van der Waals surface area contributed by atoms with Crippen LogP contribution in [0, 0.1) is 5.92 Å². The summed E-state index contributed by atoms with van der Waals surface area (Å²) in [5, 5.41) is 3.28. The second kappa shape index (κ2) is 5.88. The van der Waals surface area contributed by atoms with Crippen LogP contribution in [0.5, 0.6) is 0 Å². The molecule has 3 unspecified atom stereocenters. The molecular weight excluding hydrogens is 248 g/mol. The Hall–Kier alpha value is -0.130. The lowest BCUT2D eigenvalue weighted by Crippen LogP contribution is -2.46. The lowest BCUT2D eigenvalue weighted by molar-refractivity contribution is 0.213. The maximum Gasteiger partial charge on any atom is 0.215 e. The van der Waals surface area contributed by atoms with Crippen molar-refractivity contribution in [2.24, 2.45) is 5.92 Å². The van der Waals surface area contributed by atoms with E-state index in [2.05, 4.69) is 12.2 Å². The Morgan fingerprint density at radius 3 is 2.50 bits per heavy atom. The smallest absolute Gasteiger partial charge is 0.215 e. The maximum atomic E-state index is 12.4. The average molecular weight is 274 g/mol. The van der Waals surface area contributed by atoms with Gasteiger partial charge in [0, 0.05) is 19.1 Å². The van der Waals surface area contributed by atoms with E-state index in [0.717, 1.165) is 38.6 Å². The predicted molar refractivity (Wildman–Crippen MR) is 74.0 cm³/mol. The maximum absolute atomic E-state index is 12.4. The second-order valence-electron chi connectivity index (χ2n) is 5.92. The molecule has 0 aromatic heterocycles. The molecule has 1 N–H and O–H groups in total. The van der Waals surface area contributed by atoms with Gasteiger partial charge in [0.25, 0.3) is 0 Å². The molecule has 0 amide bonds. The van der Waals surface area contributed by atoms with Crippen LogP contribution in [0.4, 0.5) is 0 Å². The summed E-state index contributed by atoms with van der Waals surface area (Å²) in [6.07, 6.45) is 6.69. The van der Waals surface area contributed by atoms with E-state index in [9.17, 15) is 8.42 Å². The van der Waals surface area contributed by atoms with Gasteiger partial charge in [-0.1, -0.05) is 19.8 Å². The Bertz CT molecular complexity index is 363. The van der Waals surface area contributed by atoms with Crippen LogP contribution >= 0.6 is 0 Å². The van der Waals surface area contributed by atoms with Gasteiger partial charge in [0.2, 0.25) is 10.0 Å². The summed E-state index contributed by atoms with van der Waals surface area (Å²) in [6.45, 7) is 3.15. The van der Waals surface area contributed by atoms with Gasteiger partial charge in [0.1, 0.15) is 0 Å². The fourth-order valence-electron chi connectivity index (χ4n) is 3.31. The van der Waals surface area contributed by atoms with Crippen molar-refractivity contribution in [3.05, 3.63) is 0 Å². The SMILES string of the molecule is CC1CCCCC1N(C)S(=O)(=O)CC1CCCN1. The first-order valence-electron chi connectivity index (χ1n) is 7.20. The molecular formula is C13H26N2O2S. The Kier molecular flexibility index (Phi) is 4.67. The van der Waals surface area contributed by atoms with E-state index in [1.807, 2.05) is 0 Å². The molecule has 3 atom stereocenters. The van der Waals surface area contributed by atoms with Crippen LogP contribution in [-0.2, 0) is 10.0 Å². The zero-order valence-corrected chi connectivity index (χ0v) is 12.4. The summed E-state index contributed by atoms with van der Waals surface area (Å²) in [7, 11) is -1.33. The topological polar surface area (TPSA) is 49.4 Å². The van der Waals surface area contributed by atoms with E-state index >= 15 is 0 Å². The molecule has 1 saturated carbocycles. The van der Waals surface area contributed by atoms with E-state index in [0.29, 0.717) is 5.92 Å². The third-order valence-electron chi connectivity index (χ3n) is 4.55. The highest BCUT2D eigenvalue weighted by atomic mass is 32.2. The summed E-state index contributed by atoms with van der Waals surface area (Å²) < 4.78 is 26.5. The van der Waals surface area contributed by atoms with Crippen molar-refractivity contribution in [3.8, 4) is 0 Å². The Balaban J connectivity index is 1.99. The van der Waals surface area contributed by atoms with Crippen molar-refractivity contribution < 1.29 is 8.42 Å². The Morgan fingerprint density at radius 1 is 1.17 bits per heavy atom. The van der Waals surface area contributed by atoms with E-state index < -0.39 is 10.0 Å². The van der Waals surface area contributed by atoms with E-state index in [1.165, 1.54) is 6.42 Å². The molecule has 2 rings (SSSR count). The third-order valence-corrected chi connectivity index (χ3v) is 6.52. The van der Waals surface area contributed by atoms with Gasteiger partial charge < -0.3 is 5.32 Å². The lowest BCUT2D eigenvalue weighted by atomic mass is 9.86. The van der Waals surface area contributed by atoms with Gasteiger partial charge in [0.15, 0.2) is 0 Å². The fourth-order valence-corrected chi connectivity index (χ4v) is 5.07. The standard InChI is InChI=1S/C13H26N2O2S/c1-11-6-3-4-8-13(11)15(2)18(16,17)10-12-7-5-9-14-12/h11-14H,3-10H2,1-2H3. The van der Waals surface area contributed by atoms with Crippen LogP contribution < -0.4 is 5.32 Å². The molecule has 0 radical (unpaired) electrons. The number of sulfonamides is 1. The van der Waals surface area contributed by atoms with Crippen molar-refractivity contribution in [2.75, 3.05) is 19.3 Å². The van der Waals surface area contributed by atoms with Crippen molar-refractivity contribution in [3.63, 3.8) is 0 Å². The lowest BCUT2D eigenvalue weighted by Gasteiger charge is -2.35. The summed E-state index contributed by atoms with van der Waals surface area (Å²) in [5.74, 6) is 0.766. The van der Waals surface area contributed by atoms with Crippen LogP contribution in [0.25, 0.3) is 0 Å². The third kappa shape index (κ3) is 3.25. The highest BCUT2D eigenvalue weighted by Gasteiger charge is 2.33. The van der Waals surface area contributed by atoms with Crippen molar-refractivity contribution in [1.29, 1.82) is 0 Å². The van der Waals surface area contributed by atoms with E-state index in [1.54, 1.807) is 11.4 Å². The minimum Gasteiger partial charge on any atom is -0.313 e. The van der Waals surface area contributed by atoms with E-state index in [-0.39, 0.29) is 17.8 Å². The first kappa shape index (κ1) is 14.3. The highest BCUT2D eigenvalue weighted by Crippen LogP contribution is 2.29. The van der Waals surface area contributed by atoms with E-state index in [4.69, 9.17) is 0 Å². The normalized spacial score (nSPS) is 34.1. The molecule has 4 nitrogen and oxygen atoms in total. The zero-order valence-electron chi connectivity index (χ0n) is 11.6. The number of hydrogen-bond donors (Lipinski definition) is 1. The largest absolute Gasteiger partial charge is 0.313 e. The Labute approximate surface area is 111 Å². The van der Waals surface area contributed by atoms with Gasteiger partial charge in [-0.05, 0) is 38.1 Å². The first-order chi connectivity index (χ1) is 8.50. The fraction of sp³-hybridized carbons (Fsp3) is 1.00. The molecule has 1 aliphatic heterocycles.